The Hall–Kier alpha value is -1.52. The maximum absolute atomic E-state index is 11.5. The molecule has 0 N–H and O–H groups in total. The number of ketones is 2. The number of nitrogens with zero attached hydrogens (tertiary/aromatic N) is 3. The molecular weight excluding hydrogens is 350 g/mol. The van der Waals surface area contributed by atoms with E-state index in [0.29, 0.717) is 12.8 Å². The minimum absolute atomic E-state index is 0.0148. The second-order valence-electron chi connectivity index (χ2n) is 12.2. The molecule has 0 aliphatic heterocycles. The average Bonchev–Trinajstić information content (AvgIpc) is 2.82. The molecule has 5 heteroatoms. The summed E-state index contributed by atoms with van der Waals surface area (Å²) in [4.78, 5) is 23.1. The van der Waals surface area contributed by atoms with Crippen LogP contribution in [0, 0.1) is 10.8 Å². The van der Waals surface area contributed by atoms with Crippen LogP contribution in [0.2, 0.25) is 0 Å². The first kappa shape index (κ1) is 26.5. The molecule has 0 amide bonds. The molecule has 0 aliphatic carbocycles. The van der Waals surface area contributed by atoms with Crippen molar-refractivity contribution in [1.82, 2.24) is 15.0 Å². The van der Waals surface area contributed by atoms with Crippen LogP contribution in [0.25, 0.3) is 0 Å². The summed E-state index contributed by atoms with van der Waals surface area (Å²) < 4.78 is 1.91. The molecule has 1 aromatic heterocycles. The fraction of sp³-hybridized carbons (Fsp3) is 0.826. The van der Waals surface area contributed by atoms with Gasteiger partial charge in [-0.2, -0.15) is 0 Å². The van der Waals surface area contributed by atoms with Gasteiger partial charge < -0.3 is 0 Å². The van der Waals surface area contributed by atoms with Gasteiger partial charge in [0.2, 0.25) is 0 Å². The minimum atomic E-state index is -0.0148. The number of Topliss-reactive ketones (excluding diaryl/α,β-unsaturated/α-hetero) is 2. The lowest BCUT2D eigenvalue weighted by molar-refractivity contribution is -0.128. The summed E-state index contributed by atoms with van der Waals surface area (Å²) in [5, 5.41) is 8.29. The maximum Gasteiger partial charge on any atom is 0.140 e. The highest BCUT2D eigenvalue weighted by molar-refractivity contribution is 5.99. The van der Waals surface area contributed by atoms with E-state index in [1.807, 2.05) is 52.4 Å². The predicted molar refractivity (Wildman–Crippen MR) is 116 cm³/mol. The molecule has 0 aromatic carbocycles. The van der Waals surface area contributed by atoms with Crippen molar-refractivity contribution in [2.75, 3.05) is 0 Å². The van der Waals surface area contributed by atoms with Crippen molar-refractivity contribution >= 4 is 11.6 Å². The number of rotatable bonds is 4. The zero-order chi connectivity index (χ0) is 22.6. The predicted octanol–water partition coefficient (Wildman–Crippen LogP) is 5.72. The second kappa shape index (κ2) is 9.32. The third-order valence-electron chi connectivity index (χ3n) is 3.80. The molecule has 0 unspecified atom stereocenters. The number of aromatic nitrogens is 3. The van der Waals surface area contributed by atoms with Gasteiger partial charge in [-0.1, -0.05) is 67.5 Å². The summed E-state index contributed by atoms with van der Waals surface area (Å²) in [7, 11) is 0. The van der Waals surface area contributed by atoms with Gasteiger partial charge in [-0.15, -0.1) is 5.10 Å². The molecule has 5 nitrogen and oxygen atoms in total. The summed E-state index contributed by atoms with van der Waals surface area (Å²) in [6.45, 7) is 24.9. The van der Waals surface area contributed by atoms with Gasteiger partial charge in [0.15, 0.2) is 0 Å². The van der Waals surface area contributed by atoms with Gasteiger partial charge in [-0.3, -0.25) is 9.59 Å². The van der Waals surface area contributed by atoms with Gasteiger partial charge in [0, 0.05) is 24.5 Å². The molecule has 0 aliphatic rings. The molecule has 0 fully saturated rings. The van der Waals surface area contributed by atoms with Gasteiger partial charge in [0.05, 0.1) is 17.7 Å². The monoisotopic (exact) mass is 393 g/mol. The van der Waals surface area contributed by atoms with Crippen LogP contribution >= 0.6 is 0 Å². The van der Waals surface area contributed by atoms with Crippen LogP contribution in [0.15, 0.2) is 6.20 Å². The Balaban J connectivity index is 0.000000525. The lowest BCUT2D eigenvalue weighted by atomic mass is 9.85. The Morgan fingerprint density at radius 3 is 1.39 bits per heavy atom. The smallest absolute Gasteiger partial charge is 0.140 e. The van der Waals surface area contributed by atoms with Crippen LogP contribution in [0.4, 0.5) is 0 Å². The van der Waals surface area contributed by atoms with E-state index in [4.69, 9.17) is 0 Å². The number of carbonyl (C=O) groups excluding carboxylic acids is 2. The highest BCUT2D eigenvalue weighted by atomic mass is 16.1. The van der Waals surface area contributed by atoms with Crippen LogP contribution in [0.3, 0.4) is 0 Å². The van der Waals surface area contributed by atoms with Gasteiger partial charge >= 0.3 is 0 Å². The van der Waals surface area contributed by atoms with E-state index >= 15 is 0 Å². The molecular formula is C23H43N3O2. The number of hydrogen-bond acceptors (Lipinski definition) is 4. The van der Waals surface area contributed by atoms with Crippen LogP contribution in [-0.2, 0) is 20.5 Å². The first-order chi connectivity index (χ1) is 12.2. The zero-order valence-electron chi connectivity index (χ0n) is 20.4. The largest absolute Gasteiger partial charge is 0.299 e. The summed E-state index contributed by atoms with van der Waals surface area (Å²) in [5.41, 5.74) is 1.13. The first-order valence-electron chi connectivity index (χ1n) is 10.2. The lowest BCUT2D eigenvalue weighted by Crippen LogP contribution is -2.22. The minimum Gasteiger partial charge on any atom is -0.299 e. The lowest BCUT2D eigenvalue weighted by Gasteiger charge is -2.18. The second-order valence-corrected chi connectivity index (χ2v) is 12.2. The van der Waals surface area contributed by atoms with Gasteiger partial charge in [0.25, 0.3) is 0 Å². The molecule has 1 aromatic rings. The van der Waals surface area contributed by atoms with Crippen molar-refractivity contribution in [2.45, 2.75) is 113 Å². The molecule has 0 radical (unpaired) electrons. The summed E-state index contributed by atoms with van der Waals surface area (Å²) in [6, 6.07) is 0. The van der Waals surface area contributed by atoms with E-state index in [1.54, 1.807) is 0 Å². The number of hydrogen-bond donors (Lipinski definition) is 0. The zero-order valence-corrected chi connectivity index (χ0v) is 20.4. The van der Waals surface area contributed by atoms with Crippen LogP contribution in [0.1, 0.15) is 108 Å². The molecule has 0 saturated carbocycles. The fourth-order valence-corrected chi connectivity index (χ4v) is 2.46. The Kier molecular flexibility index (Phi) is 8.81. The molecule has 0 atom stereocenters. The summed E-state index contributed by atoms with van der Waals surface area (Å²) >= 11 is 0. The molecule has 0 spiro atoms. The van der Waals surface area contributed by atoms with Crippen LogP contribution in [-0.4, -0.2) is 26.6 Å². The molecule has 1 heterocycles. The van der Waals surface area contributed by atoms with Gasteiger partial charge in [0.1, 0.15) is 11.6 Å². The van der Waals surface area contributed by atoms with Crippen molar-refractivity contribution in [3.8, 4) is 0 Å². The summed E-state index contributed by atoms with van der Waals surface area (Å²) in [6.07, 6.45) is 3.11. The van der Waals surface area contributed by atoms with E-state index in [1.165, 1.54) is 0 Å². The van der Waals surface area contributed by atoms with Gasteiger partial charge in [-0.25, -0.2) is 4.68 Å². The van der Waals surface area contributed by atoms with Crippen molar-refractivity contribution in [3.63, 3.8) is 0 Å². The van der Waals surface area contributed by atoms with Crippen molar-refractivity contribution in [2.24, 2.45) is 10.8 Å². The third-order valence-corrected chi connectivity index (χ3v) is 3.80. The van der Waals surface area contributed by atoms with E-state index < -0.39 is 0 Å². The van der Waals surface area contributed by atoms with Gasteiger partial charge in [-0.05, 0) is 31.6 Å². The Labute approximate surface area is 172 Å². The number of carbonyl (C=O) groups is 2. The van der Waals surface area contributed by atoms with Crippen molar-refractivity contribution < 1.29 is 9.59 Å². The fourth-order valence-electron chi connectivity index (χ4n) is 2.46. The Morgan fingerprint density at radius 1 is 0.786 bits per heavy atom. The highest BCUT2D eigenvalue weighted by Crippen LogP contribution is 2.23. The summed E-state index contributed by atoms with van der Waals surface area (Å²) in [5.74, 6) is 0.133. The van der Waals surface area contributed by atoms with E-state index in [0.717, 1.165) is 5.69 Å². The Bertz CT molecular complexity index is 591. The SMILES string of the molecule is CC(C)(C)CC(=O)CC(=O)CC(C)(C)C.CC(C)(C)c1cn(C(C)(C)C)nn1. The molecule has 162 valence electrons. The molecule has 0 saturated heterocycles. The van der Waals surface area contributed by atoms with Crippen molar-refractivity contribution in [1.29, 1.82) is 0 Å². The highest BCUT2D eigenvalue weighted by Gasteiger charge is 2.22. The molecule has 1 rings (SSSR count). The standard InChI is InChI=1S/C13H24O2.C10H19N3/c1-12(2,3)8-10(14)7-11(15)9-13(4,5)6;1-9(2,3)8-7-13(12-11-8)10(4,5)6/h7-9H2,1-6H3;7H,1-6H3. The van der Waals surface area contributed by atoms with Crippen LogP contribution in [0.5, 0.6) is 0 Å². The third kappa shape index (κ3) is 12.0. The Morgan fingerprint density at radius 2 is 1.18 bits per heavy atom. The normalized spacial score (nSPS) is 13.0. The quantitative estimate of drug-likeness (QED) is 0.614. The van der Waals surface area contributed by atoms with Crippen LogP contribution < -0.4 is 0 Å². The van der Waals surface area contributed by atoms with Crippen molar-refractivity contribution in [3.05, 3.63) is 11.9 Å². The first-order valence-corrected chi connectivity index (χ1v) is 10.2. The van der Waals surface area contributed by atoms with E-state index in [2.05, 4.69) is 51.9 Å². The van der Waals surface area contributed by atoms with E-state index in [9.17, 15) is 9.59 Å². The molecule has 28 heavy (non-hydrogen) atoms. The topological polar surface area (TPSA) is 64.8 Å². The molecule has 0 bridgehead atoms. The average molecular weight is 394 g/mol. The maximum atomic E-state index is 11.5. The van der Waals surface area contributed by atoms with E-state index in [-0.39, 0.29) is 39.8 Å².